The van der Waals surface area contributed by atoms with Gasteiger partial charge in [-0.05, 0) is 17.7 Å². The van der Waals surface area contributed by atoms with Crippen LogP contribution in [0, 0.1) is 5.82 Å². The van der Waals surface area contributed by atoms with Gasteiger partial charge in [0.25, 0.3) is 0 Å². The standard InChI is InChI=1S/C11H13F4N/c1-7(2)16-10(11(13,14)15)8-4-3-5-9(12)6-8/h3-7,10,16H,1-2H3. The van der Waals surface area contributed by atoms with Gasteiger partial charge in [0.15, 0.2) is 0 Å². The minimum absolute atomic E-state index is 0.110. The van der Waals surface area contributed by atoms with Crippen molar-refractivity contribution in [2.75, 3.05) is 0 Å². The van der Waals surface area contributed by atoms with Gasteiger partial charge in [0.05, 0.1) is 0 Å². The van der Waals surface area contributed by atoms with Gasteiger partial charge in [-0.3, -0.25) is 0 Å². The molecular weight excluding hydrogens is 222 g/mol. The zero-order valence-electron chi connectivity index (χ0n) is 8.98. The van der Waals surface area contributed by atoms with Crippen LogP contribution in [0.15, 0.2) is 24.3 Å². The van der Waals surface area contributed by atoms with Gasteiger partial charge in [-0.1, -0.05) is 26.0 Å². The first-order valence-electron chi connectivity index (χ1n) is 4.89. The van der Waals surface area contributed by atoms with Crippen LogP contribution in [0.3, 0.4) is 0 Å². The summed E-state index contributed by atoms with van der Waals surface area (Å²) in [4.78, 5) is 0. The zero-order chi connectivity index (χ0) is 12.3. The molecule has 0 aliphatic carbocycles. The smallest absolute Gasteiger partial charge is 0.300 e. The molecule has 0 aliphatic heterocycles. The van der Waals surface area contributed by atoms with Crippen LogP contribution < -0.4 is 5.32 Å². The number of alkyl halides is 3. The summed E-state index contributed by atoms with van der Waals surface area (Å²) < 4.78 is 51.0. The normalized spacial score (nSPS) is 14.2. The van der Waals surface area contributed by atoms with E-state index in [1.165, 1.54) is 12.1 Å². The molecule has 0 aromatic heterocycles. The Kier molecular flexibility index (Phi) is 3.91. The Hall–Kier alpha value is -1.10. The Labute approximate surface area is 91.5 Å². The Morgan fingerprint density at radius 2 is 1.81 bits per heavy atom. The number of nitrogens with one attached hydrogen (secondary N) is 1. The highest BCUT2D eigenvalue weighted by Crippen LogP contribution is 2.33. The van der Waals surface area contributed by atoms with Gasteiger partial charge < -0.3 is 5.32 Å². The summed E-state index contributed by atoms with van der Waals surface area (Å²) in [6.45, 7) is 3.22. The van der Waals surface area contributed by atoms with Crippen molar-refractivity contribution in [2.24, 2.45) is 0 Å². The van der Waals surface area contributed by atoms with Crippen LogP contribution in [0.5, 0.6) is 0 Å². The third kappa shape index (κ3) is 3.48. The van der Waals surface area contributed by atoms with Gasteiger partial charge in [-0.25, -0.2) is 4.39 Å². The molecule has 0 fully saturated rings. The lowest BCUT2D eigenvalue weighted by Gasteiger charge is -2.24. The maximum atomic E-state index is 12.9. The van der Waals surface area contributed by atoms with Crippen LogP contribution in [-0.2, 0) is 0 Å². The summed E-state index contributed by atoms with van der Waals surface area (Å²) in [7, 11) is 0. The van der Waals surface area contributed by atoms with E-state index >= 15 is 0 Å². The van der Waals surface area contributed by atoms with Gasteiger partial charge in [0, 0.05) is 6.04 Å². The molecule has 5 heteroatoms. The number of hydrogen-bond donors (Lipinski definition) is 1. The number of halogens is 4. The molecule has 0 aliphatic rings. The summed E-state index contributed by atoms with van der Waals surface area (Å²) in [6, 6.07) is 2.38. The highest BCUT2D eigenvalue weighted by molar-refractivity contribution is 5.21. The molecule has 90 valence electrons. The summed E-state index contributed by atoms with van der Waals surface area (Å²) in [5, 5.41) is 2.37. The van der Waals surface area contributed by atoms with Crippen LogP contribution >= 0.6 is 0 Å². The fraction of sp³-hybridized carbons (Fsp3) is 0.455. The molecule has 1 aromatic carbocycles. The van der Waals surface area contributed by atoms with Crippen molar-refractivity contribution >= 4 is 0 Å². The Morgan fingerprint density at radius 1 is 1.19 bits per heavy atom. The van der Waals surface area contributed by atoms with Gasteiger partial charge in [0.2, 0.25) is 0 Å². The van der Waals surface area contributed by atoms with Gasteiger partial charge in [-0.15, -0.1) is 0 Å². The number of benzene rings is 1. The van der Waals surface area contributed by atoms with E-state index in [0.717, 1.165) is 12.1 Å². The van der Waals surface area contributed by atoms with Gasteiger partial charge in [-0.2, -0.15) is 13.2 Å². The lowest BCUT2D eigenvalue weighted by Crippen LogP contribution is -2.38. The molecule has 0 bridgehead atoms. The molecule has 1 nitrogen and oxygen atoms in total. The Balaban J connectivity index is 3.01. The molecule has 1 unspecified atom stereocenters. The predicted molar refractivity (Wildman–Crippen MR) is 53.5 cm³/mol. The SMILES string of the molecule is CC(C)NC(c1cccc(F)c1)C(F)(F)F. The van der Waals surface area contributed by atoms with Gasteiger partial charge >= 0.3 is 6.18 Å². The number of rotatable bonds is 3. The second kappa shape index (κ2) is 4.82. The van der Waals surface area contributed by atoms with Crippen molar-refractivity contribution in [3.8, 4) is 0 Å². The molecule has 0 saturated heterocycles. The molecule has 0 amide bonds. The highest BCUT2D eigenvalue weighted by atomic mass is 19.4. The highest BCUT2D eigenvalue weighted by Gasteiger charge is 2.40. The minimum atomic E-state index is -4.43. The van der Waals surface area contributed by atoms with Crippen LogP contribution in [0.1, 0.15) is 25.5 Å². The minimum Gasteiger partial charge on any atom is -0.300 e. The average Bonchev–Trinajstić information content (AvgIpc) is 2.12. The summed E-state index contributed by atoms with van der Waals surface area (Å²) in [5.41, 5.74) is -0.110. The quantitative estimate of drug-likeness (QED) is 0.791. The van der Waals surface area contributed by atoms with Crippen molar-refractivity contribution in [3.05, 3.63) is 35.6 Å². The van der Waals surface area contributed by atoms with Gasteiger partial charge in [0.1, 0.15) is 11.9 Å². The van der Waals surface area contributed by atoms with Crippen molar-refractivity contribution < 1.29 is 17.6 Å². The second-order valence-corrected chi connectivity index (χ2v) is 3.85. The lowest BCUT2D eigenvalue weighted by molar-refractivity contribution is -0.159. The Morgan fingerprint density at radius 3 is 2.25 bits per heavy atom. The van der Waals surface area contributed by atoms with Crippen molar-refractivity contribution in [1.82, 2.24) is 5.32 Å². The monoisotopic (exact) mass is 235 g/mol. The van der Waals surface area contributed by atoms with E-state index in [9.17, 15) is 17.6 Å². The van der Waals surface area contributed by atoms with E-state index < -0.39 is 18.0 Å². The van der Waals surface area contributed by atoms with E-state index in [2.05, 4.69) is 5.32 Å². The van der Waals surface area contributed by atoms with Crippen LogP contribution in [0.2, 0.25) is 0 Å². The van der Waals surface area contributed by atoms with E-state index in [0.29, 0.717) is 0 Å². The fourth-order valence-electron chi connectivity index (χ4n) is 1.40. The van der Waals surface area contributed by atoms with Crippen LogP contribution in [0.4, 0.5) is 17.6 Å². The average molecular weight is 235 g/mol. The van der Waals surface area contributed by atoms with E-state index in [1.54, 1.807) is 13.8 Å². The fourth-order valence-corrected chi connectivity index (χ4v) is 1.40. The van der Waals surface area contributed by atoms with E-state index in [4.69, 9.17) is 0 Å². The largest absolute Gasteiger partial charge is 0.407 e. The molecule has 1 atom stereocenters. The molecule has 0 heterocycles. The van der Waals surface area contributed by atoms with Crippen LogP contribution in [-0.4, -0.2) is 12.2 Å². The summed E-state index contributed by atoms with van der Waals surface area (Å²) in [5.74, 6) is -0.669. The van der Waals surface area contributed by atoms with Crippen molar-refractivity contribution in [3.63, 3.8) is 0 Å². The van der Waals surface area contributed by atoms with E-state index in [1.807, 2.05) is 0 Å². The third-order valence-electron chi connectivity index (χ3n) is 2.01. The van der Waals surface area contributed by atoms with Crippen molar-refractivity contribution in [1.29, 1.82) is 0 Å². The maximum Gasteiger partial charge on any atom is 0.407 e. The van der Waals surface area contributed by atoms with E-state index in [-0.39, 0.29) is 11.6 Å². The van der Waals surface area contributed by atoms with Crippen LogP contribution in [0.25, 0.3) is 0 Å². The topological polar surface area (TPSA) is 12.0 Å². The maximum absolute atomic E-state index is 12.9. The molecule has 1 N–H and O–H groups in total. The molecule has 1 aromatic rings. The number of hydrogen-bond acceptors (Lipinski definition) is 1. The first-order valence-corrected chi connectivity index (χ1v) is 4.89. The molecule has 0 spiro atoms. The first-order chi connectivity index (χ1) is 7.30. The van der Waals surface area contributed by atoms with Crippen molar-refractivity contribution in [2.45, 2.75) is 32.1 Å². The summed E-state index contributed by atoms with van der Waals surface area (Å²) in [6.07, 6.45) is -4.43. The Bertz CT molecular complexity index is 346. The second-order valence-electron chi connectivity index (χ2n) is 3.85. The molecule has 1 rings (SSSR count). The molecular formula is C11H13F4N. The molecule has 16 heavy (non-hydrogen) atoms. The predicted octanol–water partition coefficient (Wildman–Crippen LogP) is 3.43. The zero-order valence-corrected chi connectivity index (χ0v) is 8.98. The molecule has 0 saturated carbocycles. The summed E-state index contributed by atoms with van der Waals surface area (Å²) >= 11 is 0. The molecule has 0 radical (unpaired) electrons. The lowest BCUT2D eigenvalue weighted by atomic mass is 10.1. The third-order valence-corrected chi connectivity index (χ3v) is 2.01. The first kappa shape index (κ1) is 13.0.